The number of aryl methyl sites for hydroxylation is 2. The molecule has 0 fully saturated rings. The maximum atomic E-state index is 6.47. The van der Waals surface area contributed by atoms with Gasteiger partial charge < -0.3 is 18.9 Å². The Balaban J connectivity index is 0.000000674. The summed E-state index contributed by atoms with van der Waals surface area (Å²) in [4.78, 5) is 50.1. The van der Waals surface area contributed by atoms with Crippen LogP contribution >= 0.6 is 317 Å². The molecular weight excluding hydrogens is 2800 g/mol. The first-order chi connectivity index (χ1) is 70.7. The average molecular weight is 3000 g/mol. The minimum absolute atomic E-state index is 0. The third-order valence-electron chi connectivity index (χ3n) is 24.3. The Labute approximate surface area is 1000 Å². The van der Waals surface area contributed by atoms with Crippen LogP contribution < -0.4 is 34.5 Å². The SMILES string of the molecule is C.CCCCCCCCCCCCOc1n[c]([Sn]([CH3])([CH3])[CH3])sc1-c1s[c]([Sn]([CH3])([CH3])[CH3])nc1OCCCCCCCCCCCC.CCCCCCCCCCCCOc1nc(Br)sc1-c1sc(Br)nc1OCCCCCCCCCCCC.CCCCCCCCCCCCOc1nc(C)sc1-c1sc(C)nc1OCCCCCCCCCCCC.PPP(P)P(P(P(P)P)P(P)P)P(P(P(P)P)P(P)P)P(P(P)P)P(P)P. The molecule has 17 atom stereocenters. The summed E-state index contributed by atoms with van der Waals surface area (Å²) in [6.07, 6.45) is 79.7. The van der Waals surface area contributed by atoms with Crippen molar-refractivity contribution in [3.8, 4) is 64.5 Å². The number of unbranched alkanes of at least 4 members (excludes halogenated alkanes) is 54. The van der Waals surface area contributed by atoms with Crippen molar-refractivity contribution in [2.45, 2.75) is 478 Å². The van der Waals surface area contributed by atoms with E-state index in [9.17, 15) is 0 Å². The predicted octanol–water partition coefficient (Wildman–Crippen LogP) is 52.0. The molecule has 6 aromatic rings. The smallest absolute Gasteiger partial charge is 0.477 e. The van der Waals surface area contributed by atoms with Crippen LogP contribution in [0.3, 0.4) is 0 Å². The summed E-state index contributed by atoms with van der Waals surface area (Å²) >= 11 is 12.7. The summed E-state index contributed by atoms with van der Waals surface area (Å²) in [7, 11) is 46.6. The topological polar surface area (TPSA) is 133 Å². The monoisotopic (exact) mass is 3000 g/mol. The van der Waals surface area contributed by atoms with E-state index in [-0.39, 0.29) is 91.3 Å². The van der Waals surface area contributed by atoms with Crippen molar-refractivity contribution in [1.82, 2.24) is 29.9 Å². The quantitative estimate of drug-likeness (QED) is 0.0204. The number of hydrogen-bond acceptors (Lipinski definition) is 18. The Hall–Kier alpha value is 10.7. The van der Waals surface area contributed by atoms with Crippen LogP contribution in [0.25, 0.3) is 29.3 Å². The van der Waals surface area contributed by atoms with E-state index in [1.165, 1.54) is 363 Å². The molecule has 12 nitrogen and oxygen atoms in total. The molecule has 6 rings (SSSR count). The molecule has 0 N–H and O–H groups in total. The second-order valence-corrected chi connectivity index (χ2v) is 186. The molecule has 6 heterocycles. The van der Waals surface area contributed by atoms with Gasteiger partial charge in [-0.3, -0.25) is 0 Å². The van der Waals surface area contributed by atoms with E-state index in [4.69, 9.17) is 48.4 Å². The van der Waals surface area contributed by atoms with Gasteiger partial charge in [0.25, 0.3) is 0 Å². The normalized spacial score (nSPS) is 12.5. The van der Waals surface area contributed by atoms with Crippen molar-refractivity contribution < 1.29 is 28.4 Å². The van der Waals surface area contributed by atoms with Crippen LogP contribution in [0, 0.1) is 13.8 Å². The fraction of sp³-hybridized carbons (Fsp3) is 0.818. The van der Waals surface area contributed by atoms with Crippen LogP contribution in [-0.2, 0) is 0 Å². The molecule has 0 aliphatic carbocycles. The van der Waals surface area contributed by atoms with Gasteiger partial charge in [-0.05, 0) is 155 Å². The zero-order valence-electron chi connectivity index (χ0n) is 93.0. The van der Waals surface area contributed by atoms with Crippen molar-refractivity contribution in [2.75, 3.05) is 39.6 Å². The predicted molar refractivity (Wildman–Crippen MR) is 779 cm³/mol. The second-order valence-electron chi connectivity index (χ2n) is 40.0. The van der Waals surface area contributed by atoms with E-state index in [1.54, 1.807) is 45.3 Å². The number of ether oxygens (including phenoxy) is 6. The number of hydrogen-bond donors (Lipinski definition) is 0. The van der Waals surface area contributed by atoms with E-state index in [2.05, 4.69) is 252 Å². The van der Waals surface area contributed by atoms with Crippen molar-refractivity contribution in [3.63, 3.8) is 0 Å². The Morgan fingerprint density at radius 2 is 0.392 bits per heavy atom. The van der Waals surface area contributed by atoms with Gasteiger partial charge in [0.05, 0.1) is 36.4 Å². The van der Waals surface area contributed by atoms with Crippen LogP contribution in [0.1, 0.15) is 444 Å². The fourth-order valence-corrected chi connectivity index (χ4v) is 377. The summed E-state index contributed by atoms with van der Waals surface area (Å²) in [5.74, 6) is 4.59. The number of rotatable bonds is 89. The van der Waals surface area contributed by atoms with Gasteiger partial charge in [-0.1, -0.05) is 327 Å². The molecule has 17 unspecified atom stereocenters. The molecule has 0 aliphatic rings. The summed E-state index contributed by atoms with van der Waals surface area (Å²) in [5, 5.41) is 2.06. The van der Waals surface area contributed by atoms with Gasteiger partial charge in [0.1, 0.15) is 19.5 Å². The molecule has 0 aromatic carbocycles. The standard InChI is InChI=1S/C32H56N2O2S2.C30H50Br2N2O2S2.C30H50N2O2S2.CH4.6CH3.H29P27.2Sn/c1-5-7-9-11-13-15-17-19-21-23-25-35-31-29(37-27(3)33-31)30-32(34-28(4)38-30)36-26-24-22-20-18-16-14-12-10-8-6-2;1-3-5-7-9-11-13-15-17-19-21-23-35-27-25(37-29(31)33-27)26-28(34-30(32)38-26)36-24-22-20-18-16-14-12-10-8-6-4-2;1-3-5-7-9-11-13-15-17-19-21-23-33-29-27(35-25-31-29)28-30(32-26-36-28)34-24-22-20-18-16-14-12-10-8-6-4-2;;;;;;;;1-15-22(14)26(23(16(2)3)17(4)5)27(24(18(6)7)19(8)9)25(20(10)11)21(12)13;;/h5-26H2,1-4H3;3-24H2,1-2H3;3-24H2,1-2H3;1H4;6*1H3;15H,1-14H2;;. The van der Waals surface area contributed by atoms with Gasteiger partial charge in [-0.25, -0.2) is 9.97 Å². The first-order valence-corrected chi connectivity index (χ1v) is 131. The van der Waals surface area contributed by atoms with Gasteiger partial charge in [0, 0.05) is 0 Å². The minimum atomic E-state index is -2.38. The van der Waals surface area contributed by atoms with Crippen LogP contribution in [0.15, 0.2) is 7.83 Å². The number of nitrogens with zero attached hydrogens (tertiary/aromatic N) is 6. The van der Waals surface area contributed by atoms with Gasteiger partial charge in [-0.15, -0.1) is 170 Å². The maximum absolute atomic E-state index is 6.47. The van der Waals surface area contributed by atoms with Crippen molar-refractivity contribution in [2.24, 2.45) is 0 Å². The molecule has 0 amide bonds. The molecule has 0 aliphatic heterocycles. The third kappa shape index (κ3) is 71.4. The fourth-order valence-electron chi connectivity index (χ4n) is 16.1. The van der Waals surface area contributed by atoms with Crippen molar-refractivity contribution in [1.29, 1.82) is 0 Å². The zero-order valence-corrected chi connectivity index (χ0v) is 135. The molecule has 6 aromatic heterocycles. The van der Waals surface area contributed by atoms with E-state index < -0.39 is 36.8 Å². The molecule has 0 spiro atoms. The molecule has 0 radical (unpaired) electrons. The number of halogens is 2. The Kier molecular flexibility index (Phi) is 104. The number of aromatic nitrogens is 6. The zero-order chi connectivity index (χ0) is 108. The van der Waals surface area contributed by atoms with E-state index in [1.807, 2.05) is 22.7 Å². The molecule has 49 heteroatoms. The van der Waals surface area contributed by atoms with Gasteiger partial charge in [0.15, 0.2) is 7.83 Å². The van der Waals surface area contributed by atoms with Crippen LogP contribution in [0.5, 0.6) is 35.3 Å². The summed E-state index contributed by atoms with van der Waals surface area (Å²) in [6.45, 7) is 22.6. The summed E-state index contributed by atoms with van der Waals surface area (Å²) in [6, 6.07) is 0. The van der Waals surface area contributed by atoms with E-state index in [0.29, 0.717) is 25.0 Å². The first kappa shape index (κ1) is 155. The Bertz CT molecular complexity index is 3760. The second kappa shape index (κ2) is 99.1. The first-order valence-electron chi connectivity index (χ1n) is 55.5. The number of thiazole rings is 6. The van der Waals surface area contributed by atoms with Gasteiger partial charge in [0.2, 0.25) is 23.5 Å². The average Bonchev–Trinajstić information content (AvgIpc) is 1.26. The van der Waals surface area contributed by atoms with Crippen LogP contribution in [-0.4, -0.2) is 106 Å². The summed E-state index contributed by atoms with van der Waals surface area (Å²) in [5.41, 5.74) is 0. The molecular formula is C99H207Br2N6O6P27S6Sn2. The Morgan fingerprint density at radius 3 is 0.574 bits per heavy atom. The third-order valence-corrected chi connectivity index (χ3v) is 226. The van der Waals surface area contributed by atoms with Crippen LogP contribution in [0.2, 0.25) is 29.6 Å². The van der Waals surface area contributed by atoms with Gasteiger partial charge >= 0.3 is 239 Å². The van der Waals surface area contributed by atoms with Crippen molar-refractivity contribution >= 4 is 359 Å². The van der Waals surface area contributed by atoms with Gasteiger partial charge in [-0.2, -0.15) is 9.97 Å². The van der Waals surface area contributed by atoms with Crippen molar-refractivity contribution in [3.05, 3.63) is 17.8 Å². The molecule has 0 saturated carbocycles. The van der Waals surface area contributed by atoms with Crippen LogP contribution in [0.4, 0.5) is 0 Å². The van der Waals surface area contributed by atoms with E-state index in [0.717, 1.165) is 134 Å². The molecule has 148 heavy (non-hydrogen) atoms. The van der Waals surface area contributed by atoms with E-state index >= 15 is 0 Å². The molecule has 0 bridgehead atoms. The molecule has 862 valence electrons. The minimum Gasteiger partial charge on any atom is -0.477 e. The molecule has 0 saturated heterocycles. The Morgan fingerprint density at radius 1 is 0.230 bits per heavy atom. The summed E-state index contributed by atoms with van der Waals surface area (Å²) < 4.78 is 41.9.